The normalized spacial score (nSPS) is 23.9. The van der Waals surface area contributed by atoms with Crippen molar-refractivity contribution in [3.05, 3.63) is 35.9 Å². The molecular weight excluding hydrogens is 254 g/mol. The van der Waals surface area contributed by atoms with Crippen molar-refractivity contribution in [3.8, 4) is 0 Å². The van der Waals surface area contributed by atoms with Crippen molar-refractivity contribution in [1.82, 2.24) is 5.32 Å². The van der Waals surface area contributed by atoms with Gasteiger partial charge in [-0.05, 0) is 30.7 Å². The SMILES string of the molecule is CCCCCC(NC1CCCCC1CC)c1ccccc1. The maximum absolute atomic E-state index is 4.03. The lowest BCUT2D eigenvalue weighted by atomic mass is 9.82. The molecule has 1 aliphatic rings. The zero-order valence-electron chi connectivity index (χ0n) is 14.0. The fourth-order valence-corrected chi connectivity index (χ4v) is 3.80. The Kier molecular flexibility index (Phi) is 7.29. The van der Waals surface area contributed by atoms with Gasteiger partial charge in [-0.3, -0.25) is 0 Å². The summed E-state index contributed by atoms with van der Waals surface area (Å²) in [4.78, 5) is 0. The predicted octanol–water partition coefficient (Wildman–Crippen LogP) is 5.87. The van der Waals surface area contributed by atoms with Crippen molar-refractivity contribution in [2.24, 2.45) is 5.92 Å². The van der Waals surface area contributed by atoms with Gasteiger partial charge in [-0.15, -0.1) is 0 Å². The van der Waals surface area contributed by atoms with E-state index in [1.54, 1.807) is 0 Å². The van der Waals surface area contributed by atoms with Gasteiger partial charge in [0.05, 0.1) is 0 Å². The third-order valence-corrected chi connectivity index (χ3v) is 5.15. The summed E-state index contributed by atoms with van der Waals surface area (Å²) in [6, 6.07) is 12.4. The van der Waals surface area contributed by atoms with Gasteiger partial charge in [-0.2, -0.15) is 0 Å². The number of hydrogen-bond acceptors (Lipinski definition) is 1. The van der Waals surface area contributed by atoms with E-state index in [2.05, 4.69) is 49.5 Å². The van der Waals surface area contributed by atoms with Gasteiger partial charge in [0, 0.05) is 12.1 Å². The highest BCUT2D eigenvalue weighted by atomic mass is 15.0. The molecule has 1 saturated carbocycles. The van der Waals surface area contributed by atoms with Crippen molar-refractivity contribution in [3.63, 3.8) is 0 Å². The Balaban J connectivity index is 2.00. The van der Waals surface area contributed by atoms with Gasteiger partial charge >= 0.3 is 0 Å². The van der Waals surface area contributed by atoms with Crippen LogP contribution in [-0.2, 0) is 0 Å². The van der Waals surface area contributed by atoms with Crippen molar-refractivity contribution in [2.45, 2.75) is 83.7 Å². The number of unbranched alkanes of at least 4 members (excludes halogenated alkanes) is 2. The molecule has 0 spiro atoms. The van der Waals surface area contributed by atoms with Crippen LogP contribution in [0.5, 0.6) is 0 Å². The lowest BCUT2D eigenvalue weighted by molar-refractivity contribution is 0.231. The molecule has 1 aliphatic carbocycles. The minimum Gasteiger partial charge on any atom is -0.307 e. The predicted molar refractivity (Wildman–Crippen MR) is 92.5 cm³/mol. The van der Waals surface area contributed by atoms with E-state index in [-0.39, 0.29) is 0 Å². The highest BCUT2D eigenvalue weighted by Crippen LogP contribution is 2.30. The second-order valence-corrected chi connectivity index (χ2v) is 6.68. The first kappa shape index (κ1) is 16.5. The zero-order chi connectivity index (χ0) is 14.9. The van der Waals surface area contributed by atoms with E-state index in [9.17, 15) is 0 Å². The molecule has 1 heteroatoms. The number of benzene rings is 1. The van der Waals surface area contributed by atoms with Gasteiger partial charge in [-0.25, -0.2) is 0 Å². The van der Waals surface area contributed by atoms with E-state index < -0.39 is 0 Å². The zero-order valence-corrected chi connectivity index (χ0v) is 14.0. The van der Waals surface area contributed by atoms with E-state index in [0.717, 1.165) is 12.0 Å². The molecule has 0 radical (unpaired) electrons. The van der Waals surface area contributed by atoms with E-state index in [4.69, 9.17) is 0 Å². The maximum atomic E-state index is 4.03. The second kappa shape index (κ2) is 9.25. The van der Waals surface area contributed by atoms with Gasteiger partial charge < -0.3 is 5.32 Å². The van der Waals surface area contributed by atoms with Crippen LogP contribution in [0.15, 0.2) is 30.3 Å². The Bertz CT molecular complexity index is 373. The van der Waals surface area contributed by atoms with E-state index >= 15 is 0 Å². The molecule has 0 amide bonds. The van der Waals surface area contributed by atoms with Gasteiger partial charge in [0.25, 0.3) is 0 Å². The molecule has 1 aromatic rings. The van der Waals surface area contributed by atoms with Crippen LogP contribution >= 0.6 is 0 Å². The summed E-state index contributed by atoms with van der Waals surface area (Å²) in [6.07, 6.45) is 12.2. The minimum atomic E-state index is 0.551. The molecule has 0 bridgehead atoms. The largest absolute Gasteiger partial charge is 0.307 e. The van der Waals surface area contributed by atoms with Crippen LogP contribution in [0, 0.1) is 5.92 Å². The maximum Gasteiger partial charge on any atom is 0.0322 e. The number of nitrogens with one attached hydrogen (secondary N) is 1. The Morgan fingerprint density at radius 3 is 2.52 bits per heavy atom. The van der Waals surface area contributed by atoms with Crippen LogP contribution in [0.3, 0.4) is 0 Å². The molecular formula is C20H33N. The summed E-state index contributed by atoms with van der Waals surface area (Å²) in [5.74, 6) is 0.885. The quantitative estimate of drug-likeness (QED) is 0.590. The minimum absolute atomic E-state index is 0.551. The van der Waals surface area contributed by atoms with E-state index in [1.165, 1.54) is 63.4 Å². The lowest BCUT2D eigenvalue weighted by Crippen LogP contribution is -2.40. The van der Waals surface area contributed by atoms with Crippen LogP contribution in [0.25, 0.3) is 0 Å². The summed E-state index contributed by atoms with van der Waals surface area (Å²) in [7, 11) is 0. The van der Waals surface area contributed by atoms with Gasteiger partial charge in [0.15, 0.2) is 0 Å². The summed E-state index contributed by atoms with van der Waals surface area (Å²) in [6.45, 7) is 4.65. The van der Waals surface area contributed by atoms with E-state index in [1.807, 2.05) is 0 Å². The van der Waals surface area contributed by atoms with Gasteiger partial charge in [-0.1, -0.05) is 82.7 Å². The van der Waals surface area contributed by atoms with Crippen LogP contribution in [0.1, 0.15) is 83.2 Å². The topological polar surface area (TPSA) is 12.0 Å². The average Bonchev–Trinajstić information content (AvgIpc) is 2.55. The molecule has 118 valence electrons. The Hall–Kier alpha value is -0.820. The van der Waals surface area contributed by atoms with Gasteiger partial charge in [0.2, 0.25) is 0 Å². The fourth-order valence-electron chi connectivity index (χ4n) is 3.80. The summed E-state index contributed by atoms with van der Waals surface area (Å²) in [5.41, 5.74) is 1.48. The average molecular weight is 287 g/mol. The first-order chi connectivity index (χ1) is 10.3. The third kappa shape index (κ3) is 5.14. The standard InChI is InChI=1S/C20H33N/c1-3-5-7-15-20(18-13-8-6-9-14-18)21-19-16-11-10-12-17(19)4-2/h6,8-9,13-14,17,19-21H,3-5,7,10-12,15-16H2,1-2H3. The molecule has 0 aromatic heterocycles. The van der Waals surface area contributed by atoms with Crippen molar-refractivity contribution < 1.29 is 0 Å². The van der Waals surface area contributed by atoms with Crippen molar-refractivity contribution in [1.29, 1.82) is 0 Å². The van der Waals surface area contributed by atoms with Gasteiger partial charge in [0.1, 0.15) is 0 Å². The highest BCUT2D eigenvalue weighted by Gasteiger charge is 2.26. The molecule has 1 nitrogen and oxygen atoms in total. The Morgan fingerprint density at radius 2 is 1.81 bits per heavy atom. The van der Waals surface area contributed by atoms with Crippen molar-refractivity contribution in [2.75, 3.05) is 0 Å². The van der Waals surface area contributed by atoms with Crippen LogP contribution in [0.2, 0.25) is 0 Å². The lowest BCUT2D eigenvalue weighted by Gasteiger charge is -2.35. The molecule has 0 saturated heterocycles. The molecule has 1 aromatic carbocycles. The first-order valence-corrected chi connectivity index (χ1v) is 9.16. The monoisotopic (exact) mass is 287 g/mol. The summed E-state index contributed by atoms with van der Waals surface area (Å²) in [5, 5.41) is 4.03. The highest BCUT2D eigenvalue weighted by molar-refractivity contribution is 5.19. The second-order valence-electron chi connectivity index (χ2n) is 6.68. The number of rotatable bonds is 8. The number of hydrogen-bond donors (Lipinski definition) is 1. The van der Waals surface area contributed by atoms with Crippen LogP contribution in [0.4, 0.5) is 0 Å². The molecule has 0 aliphatic heterocycles. The summed E-state index contributed by atoms with van der Waals surface area (Å²) < 4.78 is 0. The van der Waals surface area contributed by atoms with E-state index in [0.29, 0.717) is 6.04 Å². The van der Waals surface area contributed by atoms with Crippen LogP contribution in [-0.4, -0.2) is 6.04 Å². The first-order valence-electron chi connectivity index (χ1n) is 9.16. The third-order valence-electron chi connectivity index (χ3n) is 5.15. The molecule has 3 atom stereocenters. The van der Waals surface area contributed by atoms with Crippen molar-refractivity contribution >= 4 is 0 Å². The Labute approximate surface area is 131 Å². The summed E-state index contributed by atoms with van der Waals surface area (Å²) >= 11 is 0. The molecule has 0 heterocycles. The fraction of sp³-hybridized carbons (Fsp3) is 0.700. The molecule has 3 unspecified atom stereocenters. The molecule has 2 rings (SSSR count). The molecule has 1 fully saturated rings. The molecule has 1 N–H and O–H groups in total. The molecule has 21 heavy (non-hydrogen) atoms. The smallest absolute Gasteiger partial charge is 0.0322 e. The van der Waals surface area contributed by atoms with Crippen LogP contribution < -0.4 is 5.32 Å². The Morgan fingerprint density at radius 1 is 1.05 bits per heavy atom.